The molecule has 0 radical (unpaired) electrons. The zero-order chi connectivity index (χ0) is 17.2. The molecule has 0 saturated heterocycles. The van der Waals surface area contributed by atoms with Gasteiger partial charge in [-0.15, -0.1) is 0 Å². The summed E-state index contributed by atoms with van der Waals surface area (Å²) in [6, 6.07) is 9.71. The summed E-state index contributed by atoms with van der Waals surface area (Å²) < 4.78 is 13.0. The smallest absolute Gasteiger partial charge is 0.270 e. The van der Waals surface area contributed by atoms with Crippen LogP contribution in [0, 0.1) is 15.9 Å². The van der Waals surface area contributed by atoms with Crippen LogP contribution < -0.4 is 5.32 Å². The van der Waals surface area contributed by atoms with Crippen LogP contribution in [0.3, 0.4) is 0 Å². The van der Waals surface area contributed by atoms with Crippen molar-refractivity contribution < 1.29 is 14.1 Å². The van der Waals surface area contributed by atoms with Crippen LogP contribution in [-0.4, -0.2) is 16.4 Å². The molecular formula is C17H17FN2O3. The molecule has 6 heteroatoms. The summed E-state index contributed by atoms with van der Waals surface area (Å²) in [5, 5.41) is 13.9. The second-order valence-corrected chi connectivity index (χ2v) is 6.24. The number of nitrogens with one attached hydrogen (secondary N) is 1. The first kappa shape index (κ1) is 16.6. The molecule has 0 bridgehead atoms. The number of nitro groups is 1. The molecule has 0 fully saturated rings. The van der Waals surface area contributed by atoms with Crippen LogP contribution in [0.1, 0.15) is 31.1 Å². The SMILES string of the molecule is CC(C)(C)NC(=O)c1cc(-c2ccc(F)cc2)cc([N+](=O)[O-])c1. The van der Waals surface area contributed by atoms with Gasteiger partial charge in [0.15, 0.2) is 0 Å². The molecule has 0 saturated carbocycles. The maximum absolute atomic E-state index is 13.0. The second-order valence-electron chi connectivity index (χ2n) is 6.24. The van der Waals surface area contributed by atoms with Gasteiger partial charge in [-0.05, 0) is 50.1 Å². The standard InChI is InChI=1S/C17H17FN2O3/c1-17(2,3)19-16(21)13-8-12(9-15(10-13)20(22)23)11-4-6-14(18)7-5-11/h4-10H,1-3H3,(H,19,21). The van der Waals surface area contributed by atoms with Crippen molar-refractivity contribution in [1.29, 1.82) is 0 Å². The Hall–Kier alpha value is -2.76. The quantitative estimate of drug-likeness (QED) is 0.689. The number of carbonyl (C=O) groups excluding carboxylic acids is 1. The Labute approximate surface area is 133 Å². The number of nitrogens with zero attached hydrogens (tertiary/aromatic N) is 1. The summed E-state index contributed by atoms with van der Waals surface area (Å²) >= 11 is 0. The van der Waals surface area contributed by atoms with Gasteiger partial charge in [-0.1, -0.05) is 12.1 Å². The predicted molar refractivity (Wildman–Crippen MR) is 85.7 cm³/mol. The minimum atomic E-state index is -0.555. The van der Waals surface area contributed by atoms with Crippen LogP contribution in [0.15, 0.2) is 42.5 Å². The molecule has 0 heterocycles. The molecule has 2 rings (SSSR count). The number of benzene rings is 2. The molecule has 23 heavy (non-hydrogen) atoms. The number of non-ortho nitro benzene ring substituents is 1. The fourth-order valence-electron chi connectivity index (χ4n) is 2.07. The lowest BCUT2D eigenvalue weighted by Gasteiger charge is -2.20. The van der Waals surface area contributed by atoms with Crippen molar-refractivity contribution in [2.75, 3.05) is 0 Å². The van der Waals surface area contributed by atoms with Crippen LogP contribution in [0.25, 0.3) is 11.1 Å². The molecule has 0 aliphatic rings. The molecule has 120 valence electrons. The first-order valence-corrected chi connectivity index (χ1v) is 7.04. The normalized spacial score (nSPS) is 11.1. The van der Waals surface area contributed by atoms with Crippen LogP contribution in [0.2, 0.25) is 0 Å². The van der Waals surface area contributed by atoms with Gasteiger partial charge in [-0.3, -0.25) is 14.9 Å². The molecule has 2 aromatic rings. The van der Waals surface area contributed by atoms with E-state index in [1.165, 1.54) is 36.4 Å². The van der Waals surface area contributed by atoms with E-state index < -0.39 is 22.2 Å². The zero-order valence-electron chi connectivity index (χ0n) is 13.1. The van der Waals surface area contributed by atoms with Crippen molar-refractivity contribution in [2.45, 2.75) is 26.3 Å². The molecule has 2 aromatic carbocycles. The van der Waals surface area contributed by atoms with Gasteiger partial charge in [0.1, 0.15) is 5.82 Å². The minimum absolute atomic E-state index is 0.188. The third kappa shape index (κ3) is 4.35. The summed E-state index contributed by atoms with van der Waals surface area (Å²) in [4.78, 5) is 22.8. The van der Waals surface area contributed by atoms with Gasteiger partial charge >= 0.3 is 0 Å². The Bertz CT molecular complexity index is 749. The van der Waals surface area contributed by atoms with E-state index >= 15 is 0 Å². The number of hydrogen-bond donors (Lipinski definition) is 1. The molecule has 0 aliphatic carbocycles. The molecule has 5 nitrogen and oxygen atoms in total. The van der Waals surface area contributed by atoms with E-state index in [-0.39, 0.29) is 11.3 Å². The highest BCUT2D eigenvalue weighted by molar-refractivity contribution is 5.96. The number of rotatable bonds is 3. The Morgan fingerprint density at radius 3 is 2.22 bits per heavy atom. The summed E-state index contributed by atoms with van der Waals surface area (Å²) in [5.41, 5.74) is 0.620. The topological polar surface area (TPSA) is 72.2 Å². The molecule has 0 unspecified atom stereocenters. The Morgan fingerprint density at radius 2 is 1.70 bits per heavy atom. The number of nitro benzene ring substituents is 1. The van der Waals surface area contributed by atoms with Gasteiger partial charge in [0.05, 0.1) is 4.92 Å². The average molecular weight is 316 g/mol. The molecule has 0 aliphatic heterocycles. The predicted octanol–water partition coefficient (Wildman–Crippen LogP) is 3.93. The van der Waals surface area contributed by atoms with Crippen molar-refractivity contribution in [2.24, 2.45) is 0 Å². The van der Waals surface area contributed by atoms with Gasteiger partial charge in [0, 0.05) is 23.2 Å². The van der Waals surface area contributed by atoms with Gasteiger partial charge in [0.2, 0.25) is 0 Å². The van der Waals surface area contributed by atoms with Crippen molar-refractivity contribution in [1.82, 2.24) is 5.32 Å². The van der Waals surface area contributed by atoms with E-state index in [1.807, 2.05) is 20.8 Å². The van der Waals surface area contributed by atoms with Crippen molar-refractivity contribution in [3.8, 4) is 11.1 Å². The van der Waals surface area contributed by atoms with E-state index in [4.69, 9.17) is 0 Å². The monoisotopic (exact) mass is 316 g/mol. The number of carbonyl (C=O) groups is 1. The van der Waals surface area contributed by atoms with E-state index in [2.05, 4.69) is 5.32 Å². The largest absolute Gasteiger partial charge is 0.347 e. The highest BCUT2D eigenvalue weighted by Gasteiger charge is 2.19. The number of halogens is 1. The van der Waals surface area contributed by atoms with E-state index in [9.17, 15) is 19.3 Å². The van der Waals surface area contributed by atoms with Crippen LogP contribution >= 0.6 is 0 Å². The molecule has 0 aromatic heterocycles. The molecule has 0 spiro atoms. The van der Waals surface area contributed by atoms with Gasteiger partial charge in [0.25, 0.3) is 11.6 Å². The van der Waals surface area contributed by atoms with Gasteiger partial charge in [-0.25, -0.2) is 4.39 Å². The van der Waals surface area contributed by atoms with Crippen LogP contribution in [-0.2, 0) is 0 Å². The average Bonchev–Trinajstić information content (AvgIpc) is 2.45. The maximum Gasteiger partial charge on any atom is 0.270 e. The Kier molecular flexibility index (Phi) is 4.45. The maximum atomic E-state index is 13.0. The number of hydrogen-bond acceptors (Lipinski definition) is 3. The van der Waals surface area contributed by atoms with Crippen molar-refractivity contribution in [3.63, 3.8) is 0 Å². The molecular weight excluding hydrogens is 299 g/mol. The molecule has 1 amide bonds. The summed E-state index contributed by atoms with van der Waals surface area (Å²) in [6.45, 7) is 5.47. The third-order valence-electron chi connectivity index (χ3n) is 3.06. The second kappa shape index (κ2) is 6.16. The van der Waals surface area contributed by atoms with E-state index in [1.54, 1.807) is 6.07 Å². The first-order chi connectivity index (χ1) is 10.7. The molecule has 0 atom stereocenters. The summed E-state index contributed by atoms with van der Waals surface area (Å²) in [6.07, 6.45) is 0. The van der Waals surface area contributed by atoms with Crippen LogP contribution in [0.4, 0.5) is 10.1 Å². The lowest BCUT2D eigenvalue weighted by Crippen LogP contribution is -2.40. The third-order valence-corrected chi connectivity index (χ3v) is 3.06. The highest BCUT2D eigenvalue weighted by atomic mass is 19.1. The fourth-order valence-corrected chi connectivity index (χ4v) is 2.07. The summed E-state index contributed by atoms with van der Waals surface area (Å²) in [7, 11) is 0. The summed E-state index contributed by atoms with van der Waals surface area (Å²) in [5.74, 6) is -0.797. The van der Waals surface area contributed by atoms with E-state index in [0.29, 0.717) is 11.1 Å². The lowest BCUT2D eigenvalue weighted by atomic mass is 10.0. The zero-order valence-corrected chi connectivity index (χ0v) is 13.1. The van der Waals surface area contributed by atoms with E-state index in [0.717, 1.165) is 0 Å². The van der Waals surface area contributed by atoms with Crippen molar-refractivity contribution in [3.05, 3.63) is 64.0 Å². The molecule has 1 N–H and O–H groups in total. The number of amides is 1. The van der Waals surface area contributed by atoms with Gasteiger partial charge < -0.3 is 5.32 Å². The Balaban J connectivity index is 2.49. The van der Waals surface area contributed by atoms with Crippen molar-refractivity contribution >= 4 is 11.6 Å². The van der Waals surface area contributed by atoms with Crippen LogP contribution in [0.5, 0.6) is 0 Å². The highest BCUT2D eigenvalue weighted by Crippen LogP contribution is 2.26. The fraction of sp³-hybridized carbons (Fsp3) is 0.235. The Morgan fingerprint density at radius 1 is 1.09 bits per heavy atom. The van der Waals surface area contributed by atoms with Gasteiger partial charge in [-0.2, -0.15) is 0 Å². The lowest BCUT2D eigenvalue weighted by molar-refractivity contribution is -0.384. The first-order valence-electron chi connectivity index (χ1n) is 7.04. The minimum Gasteiger partial charge on any atom is -0.347 e.